The van der Waals surface area contributed by atoms with Gasteiger partial charge in [-0.3, -0.25) is 4.72 Å². The van der Waals surface area contributed by atoms with E-state index >= 15 is 0 Å². The van der Waals surface area contributed by atoms with Crippen molar-refractivity contribution in [2.24, 2.45) is 0 Å². The fourth-order valence-corrected chi connectivity index (χ4v) is 4.59. The molecule has 2 aromatic rings. The van der Waals surface area contributed by atoms with E-state index in [0.29, 0.717) is 30.2 Å². The van der Waals surface area contributed by atoms with E-state index in [9.17, 15) is 8.42 Å². The SMILES string of the molecule is COc1ccc(S(=O)(=O)Nc2ccc(N3CCOCC3(C)C)cc2)c(C)c1. The summed E-state index contributed by atoms with van der Waals surface area (Å²) < 4.78 is 38.8. The van der Waals surface area contributed by atoms with Gasteiger partial charge in [0.1, 0.15) is 5.75 Å². The first kappa shape index (κ1) is 19.5. The van der Waals surface area contributed by atoms with Gasteiger partial charge in [-0.2, -0.15) is 0 Å². The molecule has 0 spiro atoms. The minimum Gasteiger partial charge on any atom is -0.497 e. The molecule has 0 saturated carbocycles. The van der Waals surface area contributed by atoms with E-state index in [1.165, 1.54) is 0 Å². The lowest BCUT2D eigenvalue weighted by molar-refractivity contribution is 0.0644. The maximum Gasteiger partial charge on any atom is 0.262 e. The predicted octanol–water partition coefficient (Wildman–Crippen LogP) is 3.42. The van der Waals surface area contributed by atoms with Crippen molar-refractivity contribution >= 4 is 21.4 Å². The summed E-state index contributed by atoms with van der Waals surface area (Å²) in [6, 6.07) is 12.4. The third kappa shape index (κ3) is 4.20. The molecule has 0 bridgehead atoms. The molecule has 0 atom stereocenters. The summed E-state index contributed by atoms with van der Waals surface area (Å²) in [7, 11) is -2.11. The maximum atomic E-state index is 12.7. The number of nitrogens with zero attached hydrogens (tertiary/aromatic N) is 1. The van der Waals surface area contributed by atoms with Crippen LogP contribution < -0.4 is 14.4 Å². The molecule has 0 amide bonds. The number of aryl methyl sites for hydroxylation is 1. The Morgan fingerprint density at radius 3 is 2.44 bits per heavy atom. The summed E-state index contributed by atoms with van der Waals surface area (Å²) in [6.45, 7) is 8.18. The number of morpholine rings is 1. The zero-order valence-electron chi connectivity index (χ0n) is 16.2. The fourth-order valence-electron chi connectivity index (χ4n) is 3.31. The predicted molar refractivity (Wildman–Crippen MR) is 107 cm³/mol. The van der Waals surface area contributed by atoms with Crippen LogP contribution in [-0.2, 0) is 14.8 Å². The van der Waals surface area contributed by atoms with Crippen molar-refractivity contribution in [3.05, 3.63) is 48.0 Å². The van der Waals surface area contributed by atoms with Crippen LogP contribution in [0.25, 0.3) is 0 Å². The molecule has 0 aliphatic carbocycles. The molecule has 2 aromatic carbocycles. The van der Waals surface area contributed by atoms with E-state index in [0.717, 1.165) is 12.2 Å². The largest absolute Gasteiger partial charge is 0.497 e. The first-order chi connectivity index (χ1) is 12.7. The van der Waals surface area contributed by atoms with Gasteiger partial charge in [-0.25, -0.2) is 8.42 Å². The molecule has 1 aliphatic rings. The Bertz CT molecular complexity index is 908. The first-order valence-electron chi connectivity index (χ1n) is 8.86. The first-order valence-corrected chi connectivity index (χ1v) is 10.3. The van der Waals surface area contributed by atoms with E-state index in [-0.39, 0.29) is 10.4 Å². The number of hydrogen-bond donors (Lipinski definition) is 1. The van der Waals surface area contributed by atoms with Crippen molar-refractivity contribution in [1.29, 1.82) is 0 Å². The summed E-state index contributed by atoms with van der Waals surface area (Å²) in [5, 5.41) is 0. The van der Waals surface area contributed by atoms with Gasteiger partial charge in [-0.05, 0) is 68.8 Å². The van der Waals surface area contributed by atoms with Crippen molar-refractivity contribution in [1.82, 2.24) is 0 Å². The molecule has 27 heavy (non-hydrogen) atoms. The molecule has 1 heterocycles. The number of hydrogen-bond acceptors (Lipinski definition) is 5. The summed E-state index contributed by atoms with van der Waals surface area (Å²) in [4.78, 5) is 2.52. The van der Waals surface area contributed by atoms with Crippen molar-refractivity contribution in [2.75, 3.05) is 36.5 Å². The number of anilines is 2. The van der Waals surface area contributed by atoms with Crippen molar-refractivity contribution in [3.63, 3.8) is 0 Å². The summed E-state index contributed by atoms with van der Waals surface area (Å²) in [6.07, 6.45) is 0. The summed E-state index contributed by atoms with van der Waals surface area (Å²) in [5.74, 6) is 0.629. The monoisotopic (exact) mass is 390 g/mol. The lowest BCUT2D eigenvalue weighted by Crippen LogP contribution is -2.53. The second kappa shape index (κ2) is 7.40. The van der Waals surface area contributed by atoms with E-state index in [1.54, 1.807) is 44.4 Å². The molecule has 1 aliphatic heterocycles. The third-order valence-electron chi connectivity index (χ3n) is 4.75. The van der Waals surface area contributed by atoms with Crippen LogP contribution in [0, 0.1) is 6.92 Å². The van der Waals surface area contributed by atoms with E-state index < -0.39 is 10.0 Å². The van der Waals surface area contributed by atoms with Crippen LogP contribution >= 0.6 is 0 Å². The highest BCUT2D eigenvalue weighted by atomic mass is 32.2. The zero-order valence-corrected chi connectivity index (χ0v) is 17.0. The van der Waals surface area contributed by atoms with E-state index in [1.807, 2.05) is 12.1 Å². The van der Waals surface area contributed by atoms with E-state index in [4.69, 9.17) is 9.47 Å². The van der Waals surface area contributed by atoms with Crippen LogP contribution in [0.15, 0.2) is 47.4 Å². The quantitative estimate of drug-likeness (QED) is 0.847. The number of ether oxygens (including phenoxy) is 2. The number of benzene rings is 2. The molecule has 7 heteroatoms. The van der Waals surface area contributed by atoms with E-state index in [2.05, 4.69) is 23.5 Å². The molecule has 3 rings (SSSR count). The third-order valence-corrected chi connectivity index (χ3v) is 6.29. The molecular weight excluding hydrogens is 364 g/mol. The van der Waals surface area contributed by atoms with Gasteiger partial charge in [0.05, 0.1) is 30.8 Å². The lowest BCUT2D eigenvalue weighted by Gasteiger charge is -2.43. The van der Waals surface area contributed by atoms with Crippen molar-refractivity contribution < 1.29 is 17.9 Å². The molecule has 1 N–H and O–H groups in total. The topological polar surface area (TPSA) is 67.9 Å². The fraction of sp³-hybridized carbons (Fsp3) is 0.400. The Kier molecular flexibility index (Phi) is 5.35. The molecule has 6 nitrogen and oxygen atoms in total. The van der Waals surface area contributed by atoms with Gasteiger partial charge >= 0.3 is 0 Å². The average Bonchev–Trinajstić information content (AvgIpc) is 2.61. The van der Waals surface area contributed by atoms with Gasteiger partial charge in [0.2, 0.25) is 0 Å². The molecular formula is C20H26N2O4S. The van der Waals surface area contributed by atoms with Crippen molar-refractivity contribution in [3.8, 4) is 5.75 Å². The number of nitrogens with one attached hydrogen (secondary N) is 1. The zero-order chi connectivity index (χ0) is 19.7. The van der Waals surface area contributed by atoms with Crippen LogP contribution in [0.1, 0.15) is 19.4 Å². The smallest absolute Gasteiger partial charge is 0.262 e. The normalized spacial score (nSPS) is 16.8. The summed E-state index contributed by atoms with van der Waals surface area (Å²) >= 11 is 0. The van der Waals surface area contributed by atoms with Crippen LogP contribution in [0.5, 0.6) is 5.75 Å². The van der Waals surface area contributed by atoms with Gasteiger partial charge in [0, 0.05) is 17.9 Å². The average molecular weight is 391 g/mol. The summed E-state index contributed by atoms with van der Waals surface area (Å²) in [5.41, 5.74) is 2.11. The highest BCUT2D eigenvalue weighted by Gasteiger charge is 2.30. The highest BCUT2D eigenvalue weighted by Crippen LogP contribution is 2.29. The molecule has 1 fully saturated rings. The standard InChI is InChI=1S/C20H26N2O4S/c1-15-13-18(25-4)9-10-19(15)27(23,24)21-16-5-7-17(8-6-16)22-11-12-26-14-20(22,2)3/h5-10,13,21H,11-12,14H2,1-4H3. The Balaban J connectivity index is 1.80. The van der Waals surface area contributed by atoms with Gasteiger partial charge in [-0.15, -0.1) is 0 Å². The number of sulfonamides is 1. The molecule has 1 saturated heterocycles. The van der Waals surface area contributed by atoms with Gasteiger partial charge in [0.15, 0.2) is 0 Å². The number of methoxy groups -OCH3 is 1. The molecule has 0 aromatic heterocycles. The van der Waals surface area contributed by atoms with Crippen LogP contribution in [0.2, 0.25) is 0 Å². The van der Waals surface area contributed by atoms with Crippen LogP contribution in [0.3, 0.4) is 0 Å². The molecule has 146 valence electrons. The Morgan fingerprint density at radius 2 is 1.85 bits per heavy atom. The Hall–Kier alpha value is -2.25. The molecule has 0 radical (unpaired) electrons. The molecule has 0 unspecified atom stereocenters. The van der Waals surface area contributed by atoms with Crippen molar-refractivity contribution in [2.45, 2.75) is 31.2 Å². The van der Waals surface area contributed by atoms with Crippen LogP contribution in [-0.4, -0.2) is 40.8 Å². The second-order valence-electron chi connectivity index (χ2n) is 7.30. The maximum absolute atomic E-state index is 12.7. The highest BCUT2D eigenvalue weighted by molar-refractivity contribution is 7.92. The Labute approximate surface area is 161 Å². The lowest BCUT2D eigenvalue weighted by atomic mass is 10.0. The second-order valence-corrected chi connectivity index (χ2v) is 8.95. The minimum absolute atomic E-state index is 0.0977. The van der Waals surface area contributed by atoms with Gasteiger partial charge < -0.3 is 14.4 Å². The minimum atomic E-state index is -3.67. The number of rotatable bonds is 5. The van der Waals surface area contributed by atoms with Gasteiger partial charge in [0.25, 0.3) is 10.0 Å². The van der Waals surface area contributed by atoms with Gasteiger partial charge in [-0.1, -0.05) is 0 Å². The Morgan fingerprint density at radius 1 is 1.15 bits per heavy atom. The van der Waals surface area contributed by atoms with Crippen LogP contribution in [0.4, 0.5) is 11.4 Å².